The summed E-state index contributed by atoms with van der Waals surface area (Å²) < 4.78 is 20.4. The standard InChI is InChI=1S/C13H21NO8/c1-6(15)14-9-7(16)4-13(20-3,12(18)19-2)22-11(9)10(17)8-5-21-8/h7-11,16-17H,4-5H2,1-3H3,(H,14,15). The molecule has 6 atom stereocenters. The van der Waals surface area contributed by atoms with Crippen LogP contribution in [0, 0.1) is 0 Å². The minimum atomic E-state index is -1.84. The van der Waals surface area contributed by atoms with Gasteiger partial charge in [-0.2, -0.15) is 0 Å². The van der Waals surface area contributed by atoms with Crippen LogP contribution in [0.4, 0.5) is 0 Å². The van der Waals surface area contributed by atoms with Gasteiger partial charge in [0.2, 0.25) is 5.91 Å². The van der Waals surface area contributed by atoms with E-state index in [1.165, 1.54) is 14.0 Å². The van der Waals surface area contributed by atoms with E-state index in [2.05, 4.69) is 10.1 Å². The summed E-state index contributed by atoms with van der Waals surface area (Å²) in [6, 6.07) is -0.898. The first kappa shape index (κ1) is 17.1. The number of carbonyl (C=O) groups excluding carboxylic acids is 2. The molecule has 0 spiro atoms. The molecule has 2 aliphatic heterocycles. The van der Waals surface area contributed by atoms with E-state index in [-0.39, 0.29) is 6.42 Å². The first-order valence-corrected chi connectivity index (χ1v) is 6.91. The number of rotatable bonds is 5. The van der Waals surface area contributed by atoms with Gasteiger partial charge in [0, 0.05) is 20.5 Å². The van der Waals surface area contributed by atoms with Crippen molar-refractivity contribution >= 4 is 11.9 Å². The third-order valence-corrected chi connectivity index (χ3v) is 3.85. The number of aliphatic hydroxyl groups is 2. The van der Waals surface area contributed by atoms with E-state index in [1.54, 1.807) is 0 Å². The van der Waals surface area contributed by atoms with Gasteiger partial charge in [0.25, 0.3) is 5.79 Å². The number of nitrogens with one attached hydrogen (secondary N) is 1. The number of epoxide rings is 1. The van der Waals surface area contributed by atoms with Crippen molar-refractivity contribution in [1.29, 1.82) is 0 Å². The summed E-state index contributed by atoms with van der Waals surface area (Å²) in [5.41, 5.74) is 0. The van der Waals surface area contributed by atoms with Crippen LogP contribution in [0.3, 0.4) is 0 Å². The van der Waals surface area contributed by atoms with Crippen molar-refractivity contribution in [2.75, 3.05) is 20.8 Å². The summed E-state index contributed by atoms with van der Waals surface area (Å²) in [7, 11) is 2.40. The summed E-state index contributed by atoms with van der Waals surface area (Å²) >= 11 is 0. The fraction of sp³-hybridized carbons (Fsp3) is 0.846. The maximum Gasteiger partial charge on any atom is 0.366 e. The van der Waals surface area contributed by atoms with Crippen LogP contribution < -0.4 is 5.32 Å². The van der Waals surface area contributed by atoms with E-state index < -0.39 is 48.1 Å². The molecule has 2 heterocycles. The van der Waals surface area contributed by atoms with E-state index in [1.807, 2.05) is 0 Å². The van der Waals surface area contributed by atoms with E-state index in [0.29, 0.717) is 6.61 Å². The first-order valence-electron chi connectivity index (χ1n) is 6.91. The molecular weight excluding hydrogens is 298 g/mol. The van der Waals surface area contributed by atoms with Crippen LogP contribution >= 0.6 is 0 Å². The van der Waals surface area contributed by atoms with Crippen molar-refractivity contribution in [2.45, 2.75) is 49.6 Å². The highest BCUT2D eigenvalue weighted by atomic mass is 16.7. The lowest BCUT2D eigenvalue weighted by Gasteiger charge is -2.45. The van der Waals surface area contributed by atoms with Crippen molar-refractivity contribution in [2.24, 2.45) is 0 Å². The fourth-order valence-corrected chi connectivity index (χ4v) is 2.62. The maximum atomic E-state index is 12.0. The molecule has 2 aliphatic rings. The molecule has 0 radical (unpaired) electrons. The Labute approximate surface area is 127 Å². The Morgan fingerprint density at radius 3 is 2.50 bits per heavy atom. The van der Waals surface area contributed by atoms with Crippen LogP contribution in [0.25, 0.3) is 0 Å². The molecule has 3 N–H and O–H groups in total. The Hall–Kier alpha value is -1.26. The van der Waals surface area contributed by atoms with Gasteiger partial charge >= 0.3 is 5.97 Å². The fourth-order valence-electron chi connectivity index (χ4n) is 2.62. The second kappa shape index (κ2) is 6.47. The maximum absolute atomic E-state index is 12.0. The third kappa shape index (κ3) is 3.23. The Morgan fingerprint density at radius 2 is 2.05 bits per heavy atom. The van der Waals surface area contributed by atoms with Gasteiger partial charge in [-0.3, -0.25) is 4.79 Å². The molecule has 6 unspecified atom stereocenters. The highest BCUT2D eigenvalue weighted by molar-refractivity contribution is 5.78. The molecule has 1 amide bonds. The van der Waals surface area contributed by atoms with Gasteiger partial charge in [-0.25, -0.2) is 4.79 Å². The van der Waals surface area contributed by atoms with E-state index in [4.69, 9.17) is 14.2 Å². The van der Waals surface area contributed by atoms with E-state index in [9.17, 15) is 19.8 Å². The summed E-state index contributed by atoms with van der Waals surface area (Å²) in [5.74, 6) is -3.07. The molecule has 9 nitrogen and oxygen atoms in total. The quantitative estimate of drug-likeness (QED) is 0.389. The average molecular weight is 319 g/mol. The number of hydrogen-bond acceptors (Lipinski definition) is 8. The molecule has 0 aromatic rings. The number of ether oxygens (including phenoxy) is 4. The van der Waals surface area contributed by atoms with Gasteiger partial charge < -0.3 is 34.5 Å². The Morgan fingerprint density at radius 1 is 1.41 bits per heavy atom. The molecule has 0 saturated carbocycles. The zero-order chi connectivity index (χ0) is 16.5. The zero-order valence-electron chi connectivity index (χ0n) is 12.6. The second-order valence-corrected chi connectivity index (χ2v) is 5.39. The monoisotopic (exact) mass is 319 g/mol. The van der Waals surface area contributed by atoms with Gasteiger partial charge in [-0.05, 0) is 0 Å². The number of carbonyl (C=O) groups is 2. The smallest absolute Gasteiger partial charge is 0.366 e. The molecule has 9 heteroatoms. The normalized spacial score (nSPS) is 39.0. The van der Waals surface area contributed by atoms with Crippen LogP contribution in [0.1, 0.15) is 13.3 Å². The number of hydrogen-bond donors (Lipinski definition) is 3. The van der Waals surface area contributed by atoms with Gasteiger partial charge in [0.05, 0.1) is 25.9 Å². The summed E-state index contributed by atoms with van der Waals surface area (Å²) in [5, 5.41) is 23.1. The van der Waals surface area contributed by atoms with Crippen LogP contribution in [0.2, 0.25) is 0 Å². The number of esters is 1. The molecule has 0 aromatic heterocycles. The first-order chi connectivity index (χ1) is 10.3. The van der Waals surface area contributed by atoms with Crippen LogP contribution in [-0.4, -0.2) is 79.2 Å². The summed E-state index contributed by atoms with van der Waals surface area (Å²) in [6.45, 7) is 1.62. The van der Waals surface area contributed by atoms with Crippen LogP contribution in [-0.2, 0) is 28.5 Å². The van der Waals surface area contributed by atoms with Gasteiger partial charge in [0.1, 0.15) is 18.3 Å². The summed E-state index contributed by atoms with van der Waals surface area (Å²) in [4.78, 5) is 23.3. The molecule has 2 fully saturated rings. The number of amides is 1. The van der Waals surface area contributed by atoms with Gasteiger partial charge in [0.15, 0.2) is 0 Å². The largest absolute Gasteiger partial charge is 0.465 e. The topological polar surface area (TPSA) is 127 Å². The summed E-state index contributed by atoms with van der Waals surface area (Å²) in [6.07, 6.45) is -4.10. The minimum Gasteiger partial charge on any atom is -0.465 e. The predicted octanol–water partition coefficient (Wildman–Crippen LogP) is -2.08. The Balaban J connectivity index is 2.27. The molecule has 0 bridgehead atoms. The average Bonchev–Trinajstić information content (AvgIpc) is 3.31. The van der Waals surface area contributed by atoms with Crippen molar-refractivity contribution in [3.05, 3.63) is 0 Å². The van der Waals surface area contributed by atoms with Gasteiger partial charge in [-0.15, -0.1) is 0 Å². The lowest BCUT2D eigenvalue weighted by atomic mass is 9.89. The van der Waals surface area contributed by atoms with Crippen molar-refractivity contribution in [3.63, 3.8) is 0 Å². The van der Waals surface area contributed by atoms with Crippen molar-refractivity contribution in [1.82, 2.24) is 5.32 Å². The second-order valence-electron chi connectivity index (χ2n) is 5.39. The number of methoxy groups -OCH3 is 2. The van der Waals surface area contributed by atoms with Gasteiger partial charge in [-0.1, -0.05) is 0 Å². The Bertz CT molecular complexity index is 440. The molecule has 22 heavy (non-hydrogen) atoms. The van der Waals surface area contributed by atoms with E-state index in [0.717, 1.165) is 7.11 Å². The molecule has 126 valence electrons. The Kier molecular flexibility index (Phi) is 5.03. The van der Waals surface area contributed by atoms with Crippen molar-refractivity contribution in [3.8, 4) is 0 Å². The SMILES string of the molecule is COC(=O)C1(OC)CC(O)C(NC(C)=O)C(C(O)C2CO2)O1. The zero-order valence-corrected chi connectivity index (χ0v) is 12.6. The highest BCUT2D eigenvalue weighted by Gasteiger charge is 2.56. The molecule has 0 aliphatic carbocycles. The van der Waals surface area contributed by atoms with E-state index >= 15 is 0 Å². The predicted molar refractivity (Wildman–Crippen MR) is 70.6 cm³/mol. The lowest BCUT2D eigenvalue weighted by Crippen LogP contribution is -2.67. The molecule has 2 saturated heterocycles. The number of aliphatic hydroxyl groups excluding tert-OH is 2. The van der Waals surface area contributed by atoms with Crippen LogP contribution in [0.15, 0.2) is 0 Å². The highest BCUT2D eigenvalue weighted by Crippen LogP contribution is 2.35. The minimum absolute atomic E-state index is 0.240. The van der Waals surface area contributed by atoms with Crippen LogP contribution in [0.5, 0.6) is 0 Å². The van der Waals surface area contributed by atoms with Crippen molar-refractivity contribution < 1.29 is 38.7 Å². The molecule has 2 rings (SSSR count). The molecular formula is C13H21NO8. The molecule has 0 aromatic carbocycles. The lowest BCUT2D eigenvalue weighted by molar-refractivity contribution is -0.300. The third-order valence-electron chi connectivity index (χ3n) is 3.85.